The Morgan fingerprint density at radius 1 is 1.09 bits per heavy atom. The van der Waals surface area contributed by atoms with Crippen molar-refractivity contribution in [3.63, 3.8) is 0 Å². The molecule has 33 heavy (non-hydrogen) atoms. The van der Waals surface area contributed by atoms with E-state index in [1.54, 1.807) is 30.3 Å². The first-order valence-electron chi connectivity index (χ1n) is 10.3. The monoisotopic (exact) mass is 505 g/mol. The molecule has 4 rings (SSSR count). The molecule has 0 heterocycles. The average molecular weight is 506 g/mol. The minimum atomic E-state index is -2.28. The van der Waals surface area contributed by atoms with Crippen LogP contribution in [0.15, 0.2) is 60.7 Å². The standard InChI is InChI=1S/C24H21Cl2NO5S/c25-20-7-1-4-17(24(20)26)15-10-12-16(13-11-15)27(33(30)31)21-8-2-6-19-18(21)5-3-9-22(19)32-14-23(28)29/h1,3-5,7,9-13,21H,2,6,8,14H2,(H,28,29)(H,30,31). The Bertz CT molecular complexity index is 1200. The molecule has 0 saturated carbocycles. The summed E-state index contributed by atoms with van der Waals surface area (Å²) in [6, 6.07) is 17.7. The summed E-state index contributed by atoms with van der Waals surface area (Å²) in [7, 11) is 0. The largest absolute Gasteiger partial charge is 0.482 e. The highest BCUT2D eigenvalue weighted by Gasteiger charge is 2.31. The van der Waals surface area contributed by atoms with Crippen molar-refractivity contribution in [2.45, 2.75) is 25.3 Å². The van der Waals surface area contributed by atoms with Gasteiger partial charge in [0.2, 0.25) is 0 Å². The number of carbonyl (C=O) groups is 1. The normalized spacial score (nSPS) is 16.0. The summed E-state index contributed by atoms with van der Waals surface area (Å²) < 4.78 is 29.6. The lowest BCUT2D eigenvalue weighted by molar-refractivity contribution is -0.139. The number of nitrogens with zero attached hydrogens (tertiary/aromatic N) is 1. The third-order valence-corrected chi connectivity index (χ3v) is 7.24. The van der Waals surface area contributed by atoms with E-state index in [0.29, 0.717) is 34.3 Å². The van der Waals surface area contributed by atoms with Gasteiger partial charge < -0.3 is 9.84 Å². The summed E-state index contributed by atoms with van der Waals surface area (Å²) in [5.41, 5.74) is 3.91. The highest BCUT2D eigenvalue weighted by Crippen LogP contribution is 2.42. The number of aliphatic carboxylic acids is 1. The number of hydrogen-bond acceptors (Lipinski definition) is 3. The highest BCUT2D eigenvalue weighted by molar-refractivity contribution is 7.80. The van der Waals surface area contributed by atoms with Crippen LogP contribution >= 0.6 is 23.2 Å². The minimum absolute atomic E-state index is 0.367. The first-order chi connectivity index (χ1) is 15.9. The number of rotatable bonds is 7. The van der Waals surface area contributed by atoms with Crippen LogP contribution in [0.25, 0.3) is 11.1 Å². The lowest BCUT2D eigenvalue weighted by Gasteiger charge is -2.35. The average Bonchev–Trinajstić information content (AvgIpc) is 2.80. The number of fused-ring (bicyclic) bond motifs is 1. The minimum Gasteiger partial charge on any atom is -0.482 e. The molecule has 0 radical (unpaired) electrons. The fourth-order valence-electron chi connectivity index (χ4n) is 4.20. The van der Waals surface area contributed by atoms with Gasteiger partial charge in [0.15, 0.2) is 6.61 Å². The maximum atomic E-state index is 12.5. The Morgan fingerprint density at radius 2 is 1.82 bits per heavy atom. The molecule has 3 aromatic rings. The van der Waals surface area contributed by atoms with Crippen molar-refractivity contribution in [3.8, 4) is 16.9 Å². The van der Waals surface area contributed by atoms with Crippen LogP contribution in [0.4, 0.5) is 5.69 Å². The van der Waals surface area contributed by atoms with Crippen LogP contribution in [-0.2, 0) is 22.5 Å². The lowest BCUT2D eigenvalue weighted by atomic mass is 9.87. The molecule has 0 aliphatic heterocycles. The van der Waals surface area contributed by atoms with E-state index in [1.807, 2.05) is 30.3 Å². The Balaban J connectivity index is 1.68. The number of halogens is 2. The fourth-order valence-corrected chi connectivity index (χ4v) is 5.35. The van der Waals surface area contributed by atoms with Crippen LogP contribution in [0.5, 0.6) is 5.75 Å². The molecule has 1 aliphatic rings. The van der Waals surface area contributed by atoms with Crippen molar-refractivity contribution in [2.75, 3.05) is 10.9 Å². The maximum absolute atomic E-state index is 12.5. The van der Waals surface area contributed by atoms with Crippen molar-refractivity contribution in [3.05, 3.63) is 81.8 Å². The van der Waals surface area contributed by atoms with Crippen LogP contribution in [0.1, 0.15) is 30.0 Å². The van der Waals surface area contributed by atoms with Crippen molar-refractivity contribution in [1.29, 1.82) is 0 Å². The Hall–Kier alpha value is -2.58. The number of ether oxygens (including phenoxy) is 1. The van der Waals surface area contributed by atoms with E-state index in [1.165, 1.54) is 4.31 Å². The van der Waals surface area contributed by atoms with E-state index in [2.05, 4.69) is 0 Å². The molecule has 0 fully saturated rings. The van der Waals surface area contributed by atoms with Crippen LogP contribution in [0, 0.1) is 0 Å². The van der Waals surface area contributed by atoms with Gasteiger partial charge in [-0.05, 0) is 60.2 Å². The van der Waals surface area contributed by atoms with E-state index in [0.717, 1.165) is 28.7 Å². The summed E-state index contributed by atoms with van der Waals surface area (Å²) in [5.74, 6) is -0.563. The zero-order valence-electron chi connectivity index (χ0n) is 17.4. The van der Waals surface area contributed by atoms with Gasteiger partial charge in [-0.2, -0.15) is 0 Å². The summed E-state index contributed by atoms with van der Waals surface area (Å²) in [5, 5.41) is 9.86. The topological polar surface area (TPSA) is 87.1 Å². The van der Waals surface area contributed by atoms with Crippen molar-refractivity contribution in [2.24, 2.45) is 0 Å². The van der Waals surface area contributed by atoms with E-state index >= 15 is 0 Å². The molecule has 0 amide bonds. The molecule has 6 nitrogen and oxygen atoms in total. The first kappa shape index (κ1) is 23.6. The maximum Gasteiger partial charge on any atom is 0.341 e. The number of carboxylic acid groups (broad SMARTS) is 1. The van der Waals surface area contributed by atoms with Crippen LogP contribution in [0.3, 0.4) is 0 Å². The predicted octanol–water partition coefficient (Wildman–Crippen LogP) is 6.14. The second-order valence-corrected chi connectivity index (χ2v) is 9.26. The Morgan fingerprint density at radius 3 is 2.52 bits per heavy atom. The Labute approximate surface area is 204 Å². The van der Waals surface area contributed by atoms with Gasteiger partial charge in [0.05, 0.1) is 21.8 Å². The van der Waals surface area contributed by atoms with Gasteiger partial charge in [-0.25, -0.2) is 9.00 Å². The lowest BCUT2D eigenvalue weighted by Crippen LogP contribution is -2.33. The molecule has 2 atom stereocenters. The van der Waals surface area contributed by atoms with Crippen molar-refractivity contribution < 1.29 is 23.4 Å². The van der Waals surface area contributed by atoms with Gasteiger partial charge in [0, 0.05) is 5.56 Å². The molecule has 0 spiro atoms. The zero-order chi connectivity index (χ0) is 23.5. The van der Waals surface area contributed by atoms with Crippen LogP contribution in [0.2, 0.25) is 10.0 Å². The molecule has 2 N–H and O–H groups in total. The molecular formula is C24H21Cl2NO5S. The molecule has 1 aliphatic carbocycles. The van der Waals surface area contributed by atoms with Gasteiger partial charge in [0.25, 0.3) is 11.3 Å². The third-order valence-electron chi connectivity index (χ3n) is 5.62. The SMILES string of the molecule is O=C(O)COc1cccc2c1CCCC2N(c1ccc(-c2cccc(Cl)c2Cl)cc1)S(=O)O. The number of hydrogen-bond donors (Lipinski definition) is 2. The molecule has 0 aromatic heterocycles. The van der Waals surface area contributed by atoms with Gasteiger partial charge >= 0.3 is 5.97 Å². The van der Waals surface area contributed by atoms with E-state index < -0.39 is 23.8 Å². The van der Waals surface area contributed by atoms with Crippen molar-refractivity contribution >= 4 is 46.1 Å². The van der Waals surface area contributed by atoms with Crippen LogP contribution in [-0.4, -0.2) is 26.4 Å². The molecule has 3 aromatic carbocycles. The predicted molar refractivity (Wildman–Crippen MR) is 130 cm³/mol. The first-order valence-corrected chi connectivity index (χ1v) is 12.1. The van der Waals surface area contributed by atoms with Gasteiger partial charge in [-0.3, -0.25) is 8.86 Å². The van der Waals surface area contributed by atoms with Crippen molar-refractivity contribution in [1.82, 2.24) is 0 Å². The number of anilines is 1. The second-order valence-electron chi connectivity index (χ2n) is 7.62. The molecular weight excluding hydrogens is 485 g/mol. The van der Waals surface area contributed by atoms with Gasteiger partial charge in [-0.1, -0.05) is 59.6 Å². The second kappa shape index (κ2) is 10.1. The molecule has 172 valence electrons. The fraction of sp³-hybridized carbons (Fsp3) is 0.208. The van der Waals surface area contributed by atoms with E-state index in [-0.39, 0.29) is 6.04 Å². The van der Waals surface area contributed by atoms with E-state index in [4.69, 9.17) is 33.0 Å². The summed E-state index contributed by atoms with van der Waals surface area (Å²) in [4.78, 5) is 10.9. The molecule has 0 saturated heterocycles. The smallest absolute Gasteiger partial charge is 0.341 e. The molecule has 2 unspecified atom stereocenters. The van der Waals surface area contributed by atoms with Crippen LogP contribution < -0.4 is 9.04 Å². The summed E-state index contributed by atoms with van der Waals surface area (Å²) in [6.45, 7) is -0.440. The molecule has 9 heteroatoms. The zero-order valence-corrected chi connectivity index (χ0v) is 19.7. The van der Waals surface area contributed by atoms with Gasteiger partial charge in [0.1, 0.15) is 5.75 Å². The Kier molecular flexibility index (Phi) is 7.24. The summed E-state index contributed by atoms with van der Waals surface area (Å²) in [6.07, 6.45) is 2.15. The number of benzene rings is 3. The summed E-state index contributed by atoms with van der Waals surface area (Å²) >= 11 is 10.2. The number of carboxylic acids is 1. The quantitative estimate of drug-likeness (QED) is 0.376. The molecule has 0 bridgehead atoms. The third kappa shape index (κ3) is 5.01. The van der Waals surface area contributed by atoms with Gasteiger partial charge in [-0.15, -0.1) is 0 Å². The van der Waals surface area contributed by atoms with E-state index in [9.17, 15) is 13.6 Å². The highest BCUT2D eigenvalue weighted by atomic mass is 35.5.